The molecule has 0 spiro atoms. The van der Waals surface area contributed by atoms with Crippen molar-refractivity contribution in [1.29, 1.82) is 0 Å². The van der Waals surface area contributed by atoms with Crippen LogP contribution in [0.3, 0.4) is 0 Å². The summed E-state index contributed by atoms with van der Waals surface area (Å²) >= 11 is 7.28. The first-order chi connectivity index (χ1) is 15.6. The Morgan fingerprint density at radius 2 is 2.00 bits per heavy atom. The smallest absolute Gasteiger partial charge is 0.230 e. The number of nitrogens with one attached hydrogen (secondary N) is 1. The molecule has 4 rings (SSSR count). The Hall–Kier alpha value is -2.55. The van der Waals surface area contributed by atoms with Crippen LogP contribution in [0, 0.1) is 0 Å². The number of ether oxygens (including phenoxy) is 2. The van der Waals surface area contributed by atoms with Crippen molar-refractivity contribution in [3.05, 3.63) is 59.1 Å². The van der Waals surface area contributed by atoms with Crippen LogP contribution in [0.4, 0.5) is 0 Å². The normalized spacial score (nSPS) is 15.6. The predicted octanol–water partition coefficient (Wildman–Crippen LogP) is 4.19. The van der Waals surface area contributed by atoms with Crippen molar-refractivity contribution in [3.63, 3.8) is 0 Å². The number of carbonyl (C=O) groups is 1. The number of benzene rings is 2. The fourth-order valence-electron chi connectivity index (χ4n) is 3.49. The Morgan fingerprint density at radius 1 is 1.22 bits per heavy atom. The van der Waals surface area contributed by atoms with E-state index in [9.17, 15) is 4.79 Å². The molecule has 0 saturated carbocycles. The maximum atomic E-state index is 12.4. The van der Waals surface area contributed by atoms with Gasteiger partial charge in [0, 0.05) is 23.7 Å². The molecule has 2 aromatic carbocycles. The third-order valence-electron chi connectivity index (χ3n) is 5.21. The fourth-order valence-corrected chi connectivity index (χ4v) is 4.39. The zero-order valence-corrected chi connectivity index (χ0v) is 19.4. The maximum Gasteiger partial charge on any atom is 0.230 e. The van der Waals surface area contributed by atoms with Gasteiger partial charge in [-0.3, -0.25) is 9.36 Å². The standard InChI is InChI=1S/C23H25ClN4O3S/c1-30-19-10-6-17(7-11-19)22-26-27-23(28(22)14-20-3-2-12-31-20)32-15-21(29)25-13-16-4-8-18(24)9-5-16/h4-11,20H,2-3,12-15H2,1H3,(H,25,29). The first-order valence-corrected chi connectivity index (χ1v) is 11.8. The number of nitrogens with zero attached hydrogens (tertiary/aromatic N) is 3. The van der Waals surface area contributed by atoms with Crippen LogP contribution in [0.25, 0.3) is 11.4 Å². The fraction of sp³-hybridized carbons (Fsp3) is 0.348. The third kappa shape index (κ3) is 5.82. The van der Waals surface area contributed by atoms with Gasteiger partial charge >= 0.3 is 0 Å². The van der Waals surface area contributed by atoms with E-state index in [1.807, 2.05) is 48.5 Å². The van der Waals surface area contributed by atoms with E-state index < -0.39 is 0 Å². The summed E-state index contributed by atoms with van der Waals surface area (Å²) in [5.41, 5.74) is 1.94. The molecule has 0 bridgehead atoms. The van der Waals surface area contributed by atoms with Crippen molar-refractivity contribution < 1.29 is 14.3 Å². The molecule has 1 N–H and O–H groups in total. The summed E-state index contributed by atoms with van der Waals surface area (Å²) in [6.45, 7) is 1.89. The van der Waals surface area contributed by atoms with E-state index in [0.717, 1.165) is 42.1 Å². The molecule has 168 valence electrons. The van der Waals surface area contributed by atoms with Crippen LogP contribution in [0.15, 0.2) is 53.7 Å². The van der Waals surface area contributed by atoms with Gasteiger partial charge in [-0.15, -0.1) is 10.2 Å². The lowest BCUT2D eigenvalue weighted by Crippen LogP contribution is -2.25. The Bertz CT molecular complexity index is 1030. The van der Waals surface area contributed by atoms with Gasteiger partial charge in [0.1, 0.15) is 5.75 Å². The molecule has 2 heterocycles. The molecule has 1 aliphatic heterocycles. The van der Waals surface area contributed by atoms with Crippen LogP contribution in [0.5, 0.6) is 5.75 Å². The quantitative estimate of drug-likeness (QED) is 0.470. The summed E-state index contributed by atoms with van der Waals surface area (Å²) in [5.74, 6) is 1.72. The minimum absolute atomic E-state index is 0.0670. The van der Waals surface area contributed by atoms with E-state index in [1.165, 1.54) is 11.8 Å². The largest absolute Gasteiger partial charge is 0.497 e. The van der Waals surface area contributed by atoms with E-state index in [4.69, 9.17) is 21.1 Å². The molecule has 1 aromatic heterocycles. The van der Waals surface area contributed by atoms with Gasteiger partial charge in [-0.2, -0.15) is 0 Å². The van der Waals surface area contributed by atoms with Crippen LogP contribution in [-0.2, 0) is 22.6 Å². The predicted molar refractivity (Wildman–Crippen MR) is 125 cm³/mol. The highest BCUT2D eigenvalue weighted by atomic mass is 35.5. The van der Waals surface area contributed by atoms with Crippen molar-refractivity contribution in [1.82, 2.24) is 20.1 Å². The van der Waals surface area contributed by atoms with Gasteiger partial charge in [0.05, 0.1) is 25.5 Å². The monoisotopic (exact) mass is 472 g/mol. The van der Waals surface area contributed by atoms with Crippen LogP contribution in [0.1, 0.15) is 18.4 Å². The van der Waals surface area contributed by atoms with E-state index in [-0.39, 0.29) is 17.8 Å². The van der Waals surface area contributed by atoms with Gasteiger partial charge in [0.15, 0.2) is 11.0 Å². The summed E-state index contributed by atoms with van der Waals surface area (Å²) in [5, 5.41) is 13.1. The zero-order chi connectivity index (χ0) is 22.3. The molecule has 1 unspecified atom stereocenters. The van der Waals surface area contributed by atoms with Crippen molar-refractivity contribution in [3.8, 4) is 17.1 Å². The molecule has 1 aliphatic rings. The molecule has 0 aliphatic carbocycles. The highest BCUT2D eigenvalue weighted by Gasteiger charge is 2.22. The molecule has 1 amide bonds. The second-order valence-electron chi connectivity index (χ2n) is 7.47. The van der Waals surface area contributed by atoms with Gasteiger partial charge in [0.2, 0.25) is 5.91 Å². The van der Waals surface area contributed by atoms with E-state index in [2.05, 4.69) is 20.1 Å². The van der Waals surface area contributed by atoms with Crippen LogP contribution in [0.2, 0.25) is 5.02 Å². The first-order valence-electron chi connectivity index (χ1n) is 10.5. The Balaban J connectivity index is 1.43. The van der Waals surface area contributed by atoms with E-state index in [1.54, 1.807) is 7.11 Å². The van der Waals surface area contributed by atoms with Crippen molar-refractivity contribution in [2.45, 2.75) is 37.2 Å². The van der Waals surface area contributed by atoms with Crippen LogP contribution < -0.4 is 10.1 Å². The average molecular weight is 473 g/mol. The van der Waals surface area contributed by atoms with E-state index in [0.29, 0.717) is 23.3 Å². The van der Waals surface area contributed by atoms with E-state index >= 15 is 0 Å². The summed E-state index contributed by atoms with van der Waals surface area (Å²) in [6.07, 6.45) is 2.19. The summed E-state index contributed by atoms with van der Waals surface area (Å²) < 4.78 is 13.1. The number of hydrogen-bond donors (Lipinski definition) is 1. The lowest BCUT2D eigenvalue weighted by molar-refractivity contribution is -0.118. The molecule has 1 saturated heterocycles. The lowest BCUT2D eigenvalue weighted by atomic mass is 10.2. The van der Waals surface area contributed by atoms with Crippen molar-refractivity contribution >= 4 is 29.3 Å². The van der Waals surface area contributed by atoms with Crippen LogP contribution >= 0.6 is 23.4 Å². The highest BCUT2D eigenvalue weighted by molar-refractivity contribution is 7.99. The molecule has 1 atom stereocenters. The number of halogens is 1. The zero-order valence-electron chi connectivity index (χ0n) is 17.8. The Labute approximate surface area is 196 Å². The average Bonchev–Trinajstić information content (AvgIpc) is 3.48. The SMILES string of the molecule is COc1ccc(-c2nnc(SCC(=O)NCc3ccc(Cl)cc3)n2CC2CCCO2)cc1. The number of thioether (sulfide) groups is 1. The second kappa shape index (κ2) is 10.8. The first kappa shape index (κ1) is 22.6. The summed E-state index contributed by atoms with van der Waals surface area (Å²) in [7, 11) is 1.64. The second-order valence-corrected chi connectivity index (χ2v) is 8.85. The molecular formula is C23H25ClN4O3S. The molecule has 3 aromatic rings. The molecule has 0 radical (unpaired) electrons. The Kier molecular flexibility index (Phi) is 7.68. The third-order valence-corrected chi connectivity index (χ3v) is 6.43. The molecule has 7 nitrogen and oxygen atoms in total. The minimum atomic E-state index is -0.0670. The number of carbonyl (C=O) groups excluding carboxylic acids is 1. The highest BCUT2D eigenvalue weighted by Crippen LogP contribution is 2.27. The van der Waals surface area contributed by atoms with Gasteiger partial charge in [-0.25, -0.2) is 0 Å². The van der Waals surface area contributed by atoms with Crippen molar-refractivity contribution in [2.75, 3.05) is 19.5 Å². The number of aromatic nitrogens is 3. The van der Waals surface area contributed by atoms with Gasteiger partial charge in [-0.1, -0.05) is 35.5 Å². The molecule has 1 fully saturated rings. The molecule has 32 heavy (non-hydrogen) atoms. The van der Waals surface area contributed by atoms with Gasteiger partial charge in [-0.05, 0) is 54.8 Å². The summed E-state index contributed by atoms with van der Waals surface area (Å²) in [6, 6.07) is 15.1. The number of methoxy groups -OCH3 is 1. The topological polar surface area (TPSA) is 78.3 Å². The van der Waals surface area contributed by atoms with Gasteiger partial charge < -0.3 is 14.8 Å². The van der Waals surface area contributed by atoms with Gasteiger partial charge in [0.25, 0.3) is 0 Å². The van der Waals surface area contributed by atoms with Crippen molar-refractivity contribution in [2.24, 2.45) is 0 Å². The van der Waals surface area contributed by atoms with Crippen LogP contribution in [-0.4, -0.2) is 46.2 Å². The minimum Gasteiger partial charge on any atom is -0.497 e. The Morgan fingerprint density at radius 3 is 2.69 bits per heavy atom. The number of rotatable bonds is 9. The lowest BCUT2D eigenvalue weighted by Gasteiger charge is -2.15. The summed E-state index contributed by atoms with van der Waals surface area (Å²) in [4.78, 5) is 12.4. The molecular weight excluding hydrogens is 448 g/mol. The number of hydrogen-bond acceptors (Lipinski definition) is 6. The molecule has 9 heteroatoms. The maximum absolute atomic E-state index is 12.4. The number of amides is 1.